The third-order valence-corrected chi connectivity index (χ3v) is 2.47. The van der Waals surface area contributed by atoms with Crippen molar-refractivity contribution < 1.29 is 14.0 Å². The van der Waals surface area contributed by atoms with E-state index < -0.39 is 17.6 Å². The third-order valence-electron chi connectivity index (χ3n) is 2.47. The van der Waals surface area contributed by atoms with Gasteiger partial charge in [-0.2, -0.15) is 0 Å². The SMILES string of the molecule is CC(F)CNC(=O)C(NC(=O)C(C)(C)C)C(C)C. The summed E-state index contributed by atoms with van der Waals surface area (Å²) in [6.45, 7) is 10.4. The lowest BCUT2D eigenvalue weighted by Crippen LogP contribution is -2.53. The van der Waals surface area contributed by atoms with Gasteiger partial charge in [0.05, 0.1) is 0 Å². The quantitative estimate of drug-likeness (QED) is 0.789. The van der Waals surface area contributed by atoms with Crippen molar-refractivity contribution in [3.8, 4) is 0 Å². The summed E-state index contributed by atoms with van der Waals surface area (Å²) < 4.78 is 12.7. The molecule has 2 N–H and O–H groups in total. The van der Waals surface area contributed by atoms with E-state index in [2.05, 4.69) is 10.6 Å². The molecule has 18 heavy (non-hydrogen) atoms. The fourth-order valence-corrected chi connectivity index (χ4v) is 1.24. The lowest BCUT2D eigenvalue weighted by atomic mass is 9.93. The van der Waals surface area contributed by atoms with Crippen LogP contribution in [0.15, 0.2) is 0 Å². The van der Waals surface area contributed by atoms with Crippen LogP contribution in [0.2, 0.25) is 0 Å². The van der Waals surface area contributed by atoms with E-state index in [1.165, 1.54) is 6.92 Å². The summed E-state index contributed by atoms with van der Waals surface area (Å²) in [7, 11) is 0. The molecule has 0 fully saturated rings. The molecule has 0 aliphatic rings. The zero-order valence-corrected chi connectivity index (χ0v) is 12.1. The average Bonchev–Trinajstić information content (AvgIpc) is 2.20. The molecule has 0 aromatic heterocycles. The van der Waals surface area contributed by atoms with E-state index in [0.717, 1.165) is 0 Å². The van der Waals surface area contributed by atoms with Crippen molar-refractivity contribution in [3.05, 3.63) is 0 Å². The average molecular weight is 260 g/mol. The zero-order valence-electron chi connectivity index (χ0n) is 12.1. The second-order valence-corrected chi connectivity index (χ2v) is 5.97. The largest absolute Gasteiger partial charge is 0.351 e. The molecule has 0 aromatic rings. The van der Waals surface area contributed by atoms with Crippen LogP contribution in [0, 0.1) is 11.3 Å². The zero-order chi connectivity index (χ0) is 14.5. The normalized spacial score (nSPS) is 15.1. The molecule has 0 heterocycles. The maximum Gasteiger partial charge on any atom is 0.242 e. The Hall–Kier alpha value is -1.13. The first-order valence-electron chi connectivity index (χ1n) is 6.28. The standard InChI is InChI=1S/C13H25FN2O2/c1-8(2)10(11(17)15-7-9(3)14)16-12(18)13(4,5)6/h8-10H,7H2,1-6H3,(H,15,17)(H,16,18). The molecular weight excluding hydrogens is 235 g/mol. The van der Waals surface area contributed by atoms with Crippen LogP contribution in [-0.2, 0) is 9.59 Å². The summed E-state index contributed by atoms with van der Waals surface area (Å²) in [5, 5.41) is 5.20. The van der Waals surface area contributed by atoms with Gasteiger partial charge in [0.15, 0.2) is 0 Å². The van der Waals surface area contributed by atoms with Crippen molar-refractivity contribution in [2.75, 3.05) is 6.54 Å². The molecule has 4 nitrogen and oxygen atoms in total. The number of amides is 2. The molecule has 0 rings (SSSR count). The second kappa shape index (κ2) is 6.71. The first-order valence-corrected chi connectivity index (χ1v) is 6.28. The Morgan fingerprint density at radius 3 is 2.00 bits per heavy atom. The summed E-state index contributed by atoms with van der Waals surface area (Å²) >= 11 is 0. The van der Waals surface area contributed by atoms with Gasteiger partial charge in [-0.3, -0.25) is 9.59 Å². The number of halogens is 1. The van der Waals surface area contributed by atoms with Crippen LogP contribution in [-0.4, -0.2) is 30.6 Å². The summed E-state index contributed by atoms with van der Waals surface area (Å²) in [6.07, 6.45) is -1.10. The highest BCUT2D eigenvalue weighted by Gasteiger charge is 2.29. The highest BCUT2D eigenvalue weighted by Crippen LogP contribution is 2.14. The van der Waals surface area contributed by atoms with Crippen molar-refractivity contribution in [2.24, 2.45) is 11.3 Å². The monoisotopic (exact) mass is 260 g/mol. The number of alkyl halides is 1. The summed E-state index contributed by atoms with van der Waals surface area (Å²) in [4.78, 5) is 23.7. The molecule has 0 aliphatic carbocycles. The van der Waals surface area contributed by atoms with Crippen LogP contribution >= 0.6 is 0 Å². The minimum absolute atomic E-state index is 0.0343. The Morgan fingerprint density at radius 1 is 1.17 bits per heavy atom. The highest BCUT2D eigenvalue weighted by molar-refractivity contribution is 5.89. The van der Waals surface area contributed by atoms with Gasteiger partial charge in [0.2, 0.25) is 11.8 Å². The second-order valence-electron chi connectivity index (χ2n) is 5.97. The van der Waals surface area contributed by atoms with Crippen LogP contribution in [0.25, 0.3) is 0 Å². The molecule has 0 aliphatic heterocycles. The van der Waals surface area contributed by atoms with Crippen molar-refractivity contribution in [1.29, 1.82) is 0 Å². The minimum Gasteiger partial charge on any atom is -0.351 e. The Morgan fingerprint density at radius 2 is 1.67 bits per heavy atom. The molecule has 2 atom stereocenters. The van der Waals surface area contributed by atoms with Gasteiger partial charge in [-0.1, -0.05) is 34.6 Å². The van der Waals surface area contributed by atoms with Crippen molar-refractivity contribution in [1.82, 2.24) is 10.6 Å². The van der Waals surface area contributed by atoms with Gasteiger partial charge < -0.3 is 10.6 Å². The predicted molar refractivity (Wildman–Crippen MR) is 69.8 cm³/mol. The summed E-state index contributed by atoms with van der Waals surface area (Å²) in [5.41, 5.74) is -0.555. The topological polar surface area (TPSA) is 58.2 Å². The fraction of sp³-hybridized carbons (Fsp3) is 0.846. The number of hydrogen-bond donors (Lipinski definition) is 2. The van der Waals surface area contributed by atoms with Crippen LogP contribution in [0.1, 0.15) is 41.5 Å². The molecule has 0 radical (unpaired) electrons. The number of hydrogen-bond acceptors (Lipinski definition) is 2. The van der Waals surface area contributed by atoms with E-state index in [-0.39, 0.29) is 24.3 Å². The number of carbonyl (C=O) groups is 2. The summed E-state index contributed by atoms with van der Waals surface area (Å²) in [5.74, 6) is -0.581. The van der Waals surface area contributed by atoms with E-state index in [1.807, 2.05) is 13.8 Å². The maximum atomic E-state index is 12.7. The lowest BCUT2D eigenvalue weighted by molar-refractivity contribution is -0.134. The fourth-order valence-electron chi connectivity index (χ4n) is 1.24. The van der Waals surface area contributed by atoms with Crippen LogP contribution in [0.5, 0.6) is 0 Å². The molecule has 0 bridgehead atoms. The molecule has 0 saturated carbocycles. The van der Waals surface area contributed by atoms with Gasteiger partial charge in [-0.15, -0.1) is 0 Å². The van der Waals surface area contributed by atoms with Crippen molar-refractivity contribution in [3.63, 3.8) is 0 Å². The van der Waals surface area contributed by atoms with Crippen LogP contribution in [0.4, 0.5) is 4.39 Å². The summed E-state index contributed by atoms with van der Waals surface area (Å²) in [6, 6.07) is -0.629. The lowest BCUT2D eigenvalue weighted by Gasteiger charge is -2.26. The Kier molecular flexibility index (Phi) is 6.29. The van der Waals surface area contributed by atoms with Gasteiger partial charge in [-0.25, -0.2) is 4.39 Å². The van der Waals surface area contributed by atoms with Gasteiger partial charge >= 0.3 is 0 Å². The Labute approximate surface area is 109 Å². The van der Waals surface area contributed by atoms with Crippen molar-refractivity contribution in [2.45, 2.75) is 53.8 Å². The molecule has 2 amide bonds. The van der Waals surface area contributed by atoms with Gasteiger partial charge in [0, 0.05) is 12.0 Å². The molecule has 0 spiro atoms. The first-order chi connectivity index (χ1) is 8.05. The molecule has 5 heteroatoms. The molecule has 0 saturated heterocycles. The third kappa shape index (κ3) is 5.98. The maximum absolute atomic E-state index is 12.7. The van der Waals surface area contributed by atoms with Crippen LogP contribution in [0.3, 0.4) is 0 Å². The highest BCUT2D eigenvalue weighted by atomic mass is 19.1. The number of nitrogens with one attached hydrogen (secondary N) is 2. The molecular formula is C13H25FN2O2. The van der Waals surface area contributed by atoms with E-state index in [0.29, 0.717) is 0 Å². The van der Waals surface area contributed by atoms with Gasteiger partial charge in [0.25, 0.3) is 0 Å². The van der Waals surface area contributed by atoms with Gasteiger partial charge in [0.1, 0.15) is 12.2 Å². The minimum atomic E-state index is -1.10. The molecule has 106 valence electrons. The Bertz CT molecular complexity index is 296. The van der Waals surface area contributed by atoms with E-state index in [4.69, 9.17) is 0 Å². The van der Waals surface area contributed by atoms with Gasteiger partial charge in [-0.05, 0) is 12.8 Å². The van der Waals surface area contributed by atoms with E-state index in [1.54, 1.807) is 20.8 Å². The Balaban J connectivity index is 4.58. The molecule has 0 aromatic carbocycles. The molecule has 2 unspecified atom stereocenters. The predicted octanol–water partition coefficient (Wildman–Crippen LogP) is 1.65. The van der Waals surface area contributed by atoms with Crippen molar-refractivity contribution >= 4 is 11.8 Å². The number of carbonyl (C=O) groups excluding carboxylic acids is 2. The van der Waals surface area contributed by atoms with E-state index in [9.17, 15) is 14.0 Å². The smallest absolute Gasteiger partial charge is 0.242 e. The first kappa shape index (κ1) is 16.9. The van der Waals surface area contributed by atoms with Crippen LogP contribution < -0.4 is 10.6 Å². The van der Waals surface area contributed by atoms with E-state index >= 15 is 0 Å². The number of rotatable bonds is 5.